The fourth-order valence-corrected chi connectivity index (χ4v) is 1.80. The number of hydrogen-bond acceptors (Lipinski definition) is 4. The number of para-hydroxylation sites is 1. The Morgan fingerprint density at radius 2 is 2.00 bits per heavy atom. The van der Waals surface area contributed by atoms with E-state index >= 15 is 0 Å². The van der Waals surface area contributed by atoms with E-state index in [4.69, 9.17) is 21.6 Å². The second kappa shape index (κ2) is 7.81. The third-order valence-corrected chi connectivity index (χ3v) is 3.01. The van der Waals surface area contributed by atoms with Gasteiger partial charge in [0.15, 0.2) is 6.61 Å². The average Bonchev–Trinajstić information content (AvgIpc) is 2.55. The summed E-state index contributed by atoms with van der Waals surface area (Å²) in [7, 11) is 0. The summed E-state index contributed by atoms with van der Waals surface area (Å²) in [6.45, 7) is -0.238. The predicted octanol–water partition coefficient (Wildman–Crippen LogP) is 2.74. The molecule has 0 aliphatic carbocycles. The molecule has 0 aromatic heterocycles. The van der Waals surface area contributed by atoms with Crippen molar-refractivity contribution in [2.45, 2.75) is 0 Å². The Kier molecular flexibility index (Phi) is 5.52. The molecule has 0 heterocycles. The van der Waals surface area contributed by atoms with Crippen LogP contribution in [0.3, 0.4) is 0 Å². The largest absolute Gasteiger partial charge is 0.482 e. The van der Waals surface area contributed by atoms with E-state index < -0.39 is 5.91 Å². The van der Waals surface area contributed by atoms with Gasteiger partial charge in [-0.25, -0.2) is 5.43 Å². The Morgan fingerprint density at radius 3 is 2.77 bits per heavy atom. The van der Waals surface area contributed by atoms with Gasteiger partial charge in [-0.1, -0.05) is 41.9 Å². The number of benzene rings is 2. The lowest BCUT2D eigenvalue weighted by molar-refractivity contribution is -0.123. The lowest BCUT2D eigenvalue weighted by Gasteiger charge is -2.06. The molecule has 22 heavy (non-hydrogen) atoms. The second-order valence-corrected chi connectivity index (χ2v) is 4.62. The van der Waals surface area contributed by atoms with E-state index in [9.17, 15) is 4.79 Å². The SMILES string of the molecule is N#Cc1ccccc1OCC(=O)N/N=C/c1ccccc1Cl. The normalized spacial score (nSPS) is 10.2. The van der Waals surface area contributed by atoms with Gasteiger partial charge < -0.3 is 4.74 Å². The maximum absolute atomic E-state index is 11.6. The van der Waals surface area contributed by atoms with Gasteiger partial charge in [-0.15, -0.1) is 0 Å². The van der Waals surface area contributed by atoms with Crippen molar-refractivity contribution >= 4 is 23.7 Å². The molecular weight excluding hydrogens is 302 g/mol. The van der Waals surface area contributed by atoms with Gasteiger partial charge in [-0.3, -0.25) is 4.79 Å². The molecular formula is C16H12ClN3O2. The molecule has 1 amide bonds. The fraction of sp³-hybridized carbons (Fsp3) is 0.0625. The maximum Gasteiger partial charge on any atom is 0.277 e. The standard InChI is InChI=1S/C16H12ClN3O2/c17-14-7-3-1-6-13(14)10-19-20-16(21)11-22-15-8-4-2-5-12(15)9-18/h1-8,10H,11H2,(H,20,21)/b19-10+. The number of ether oxygens (including phenoxy) is 1. The Labute approximate surface area is 132 Å². The van der Waals surface area contributed by atoms with Gasteiger partial charge in [0.25, 0.3) is 5.91 Å². The first kappa shape index (κ1) is 15.5. The minimum Gasteiger partial charge on any atom is -0.482 e. The Bertz CT molecular complexity index is 738. The third kappa shape index (κ3) is 4.33. The number of nitriles is 1. The van der Waals surface area contributed by atoms with Crippen LogP contribution in [0.1, 0.15) is 11.1 Å². The van der Waals surface area contributed by atoms with Crippen LogP contribution in [0.5, 0.6) is 5.75 Å². The summed E-state index contributed by atoms with van der Waals surface area (Å²) < 4.78 is 5.28. The molecule has 0 bridgehead atoms. The predicted molar refractivity (Wildman–Crippen MR) is 83.8 cm³/mol. The van der Waals surface area contributed by atoms with Gasteiger partial charge in [0, 0.05) is 10.6 Å². The molecule has 0 atom stereocenters. The Morgan fingerprint density at radius 1 is 1.27 bits per heavy atom. The summed E-state index contributed by atoms with van der Waals surface area (Å²) >= 11 is 5.95. The molecule has 0 unspecified atom stereocenters. The van der Waals surface area contributed by atoms with Crippen LogP contribution >= 0.6 is 11.6 Å². The molecule has 2 aromatic rings. The van der Waals surface area contributed by atoms with Crippen LogP contribution < -0.4 is 10.2 Å². The molecule has 0 spiro atoms. The van der Waals surface area contributed by atoms with E-state index in [0.717, 1.165) is 0 Å². The average molecular weight is 314 g/mol. The first-order valence-electron chi connectivity index (χ1n) is 6.39. The van der Waals surface area contributed by atoms with Crippen LogP contribution in [0.15, 0.2) is 53.6 Å². The molecule has 2 rings (SSSR count). The third-order valence-electron chi connectivity index (χ3n) is 2.66. The number of nitrogens with one attached hydrogen (secondary N) is 1. The van der Waals surface area contributed by atoms with E-state index in [1.54, 1.807) is 42.5 Å². The Hall–Kier alpha value is -2.84. The molecule has 6 heteroatoms. The number of hydrogen-bond donors (Lipinski definition) is 1. The molecule has 5 nitrogen and oxygen atoms in total. The second-order valence-electron chi connectivity index (χ2n) is 4.21. The van der Waals surface area contributed by atoms with Crippen molar-refractivity contribution in [2.75, 3.05) is 6.61 Å². The van der Waals surface area contributed by atoms with Crippen molar-refractivity contribution < 1.29 is 9.53 Å². The number of carbonyl (C=O) groups is 1. The zero-order chi connectivity index (χ0) is 15.8. The Balaban J connectivity index is 1.86. The summed E-state index contributed by atoms with van der Waals surface area (Å²) in [6.07, 6.45) is 1.45. The number of rotatable bonds is 5. The number of halogens is 1. The zero-order valence-corrected chi connectivity index (χ0v) is 12.2. The van der Waals surface area contributed by atoms with Gasteiger partial charge >= 0.3 is 0 Å². The minimum absolute atomic E-state index is 0.238. The highest BCUT2D eigenvalue weighted by Crippen LogP contribution is 2.16. The summed E-state index contributed by atoms with van der Waals surface area (Å²) in [5, 5.41) is 13.3. The molecule has 0 fully saturated rings. The van der Waals surface area contributed by atoms with Crippen LogP contribution in [0.25, 0.3) is 0 Å². The van der Waals surface area contributed by atoms with Crippen molar-refractivity contribution in [1.29, 1.82) is 5.26 Å². The highest BCUT2D eigenvalue weighted by Gasteiger charge is 2.05. The summed E-state index contributed by atoms with van der Waals surface area (Å²) in [5.41, 5.74) is 3.39. The smallest absolute Gasteiger partial charge is 0.277 e. The van der Waals surface area contributed by atoms with E-state index in [-0.39, 0.29) is 6.61 Å². The molecule has 110 valence electrons. The minimum atomic E-state index is -0.434. The van der Waals surface area contributed by atoms with Gasteiger partial charge in [0.1, 0.15) is 11.8 Å². The summed E-state index contributed by atoms with van der Waals surface area (Å²) in [6, 6.07) is 15.8. The number of carbonyl (C=O) groups excluding carboxylic acids is 1. The summed E-state index contributed by atoms with van der Waals surface area (Å²) in [5.74, 6) is -0.0775. The van der Waals surface area contributed by atoms with Crippen molar-refractivity contribution in [2.24, 2.45) is 5.10 Å². The summed E-state index contributed by atoms with van der Waals surface area (Å²) in [4.78, 5) is 11.6. The van der Waals surface area contributed by atoms with Crippen molar-refractivity contribution in [3.05, 3.63) is 64.7 Å². The molecule has 1 N–H and O–H groups in total. The number of amides is 1. The van der Waals surface area contributed by atoms with E-state index in [1.807, 2.05) is 12.1 Å². The topological polar surface area (TPSA) is 74.5 Å². The molecule has 2 aromatic carbocycles. The first-order chi connectivity index (χ1) is 10.7. The van der Waals surface area contributed by atoms with Crippen molar-refractivity contribution in [3.8, 4) is 11.8 Å². The van der Waals surface area contributed by atoms with Gasteiger partial charge in [-0.05, 0) is 18.2 Å². The fourth-order valence-electron chi connectivity index (χ4n) is 1.61. The first-order valence-corrected chi connectivity index (χ1v) is 6.77. The molecule has 0 radical (unpaired) electrons. The highest BCUT2D eigenvalue weighted by atomic mass is 35.5. The molecule has 0 saturated carbocycles. The lowest BCUT2D eigenvalue weighted by atomic mass is 10.2. The molecule has 0 saturated heterocycles. The quantitative estimate of drug-likeness (QED) is 0.681. The van der Waals surface area contributed by atoms with E-state index in [1.165, 1.54) is 6.21 Å². The monoisotopic (exact) mass is 313 g/mol. The van der Waals surface area contributed by atoms with Crippen LogP contribution in [-0.4, -0.2) is 18.7 Å². The highest BCUT2D eigenvalue weighted by molar-refractivity contribution is 6.33. The maximum atomic E-state index is 11.6. The van der Waals surface area contributed by atoms with Gasteiger partial charge in [0.05, 0.1) is 11.8 Å². The van der Waals surface area contributed by atoms with E-state index in [2.05, 4.69) is 10.5 Å². The van der Waals surface area contributed by atoms with Gasteiger partial charge in [-0.2, -0.15) is 10.4 Å². The number of nitrogens with zero attached hydrogens (tertiary/aromatic N) is 2. The molecule has 0 aliphatic rings. The lowest BCUT2D eigenvalue weighted by Crippen LogP contribution is -2.24. The van der Waals surface area contributed by atoms with Crippen LogP contribution in [0.4, 0.5) is 0 Å². The zero-order valence-electron chi connectivity index (χ0n) is 11.5. The van der Waals surface area contributed by atoms with Crippen LogP contribution in [-0.2, 0) is 4.79 Å². The van der Waals surface area contributed by atoms with E-state index in [0.29, 0.717) is 21.9 Å². The van der Waals surface area contributed by atoms with Crippen molar-refractivity contribution in [1.82, 2.24) is 5.43 Å². The van der Waals surface area contributed by atoms with Crippen LogP contribution in [0, 0.1) is 11.3 Å². The van der Waals surface area contributed by atoms with Crippen LogP contribution in [0.2, 0.25) is 5.02 Å². The van der Waals surface area contributed by atoms with Crippen molar-refractivity contribution in [3.63, 3.8) is 0 Å². The number of hydrazone groups is 1. The van der Waals surface area contributed by atoms with Gasteiger partial charge in [0.2, 0.25) is 0 Å². The molecule has 0 aliphatic heterocycles.